The summed E-state index contributed by atoms with van der Waals surface area (Å²) in [6.45, 7) is 1.66. The van der Waals surface area contributed by atoms with Gasteiger partial charge in [-0.25, -0.2) is 0 Å². The maximum Gasteiger partial charge on any atom is 0.0902 e. The molecule has 12 heavy (non-hydrogen) atoms. The van der Waals surface area contributed by atoms with Crippen molar-refractivity contribution in [3.05, 3.63) is 0 Å². The molecule has 0 aliphatic carbocycles. The summed E-state index contributed by atoms with van der Waals surface area (Å²) in [5.41, 5.74) is -1.02. The van der Waals surface area contributed by atoms with Crippen LogP contribution in [0.25, 0.3) is 0 Å². The third kappa shape index (κ3) is 4.01. The third-order valence-corrected chi connectivity index (χ3v) is 1.90. The predicted octanol–water partition coefficient (Wildman–Crippen LogP) is -0.483. The minimum Gasteiger partial charge on any atom is -0.394 e. The van der Waals surface area contributed by atoms with Crippen molar-refractivity contribution in [3.63, 3.8) is 0 Å². The van der Waals surface area contributed by atoms with Crippen LogP contribution in [0.15, 0.2) is 0 Å². The summed E-state index contributed by atoms with van der Waals surface area (Å²) in [5.74, 6) is 0. The molecule has 0 bridgehead atoms. The zero-order valence-electron chi connectivity index (χ0n) is 7.66. The molecule has 0 aliphatic rings. The molecular formula is C8H18O4. The average Bonchev–Trinajstić information content (AvgIpc) is 2.05. The van der Waals surface area contributed by atoms with E-state index >= 15 is 0 Å². The molecule has 0 saturated carbocycles. The number of aliphatic hydroxyl groups excluding tert-OH is 2. The lowest BCUT2D eigenvalue weighted by Gasteiger charge is -2.27. The van der Waals surface area contributed by atoms with Gasteiger partial charge < -0.3 is 20.1 Å². The molecule has 0 fully saturated rings. The summed E-state index contributed by atoms with van der Waals surface area (Å²) in [6, 6.07) is 0. The van der Waals surface area contributed by atoms with Gasteiger partial charge in [-0.1, -0.05) is 6.92 Å². The number of ether oxygens (including phenoxy) is 1. The molecule has 0 saturated heterocycles. The highest BCUT2D eigenvalue weighted by Gasteiger charge is 2.27. The van der Waals surface area contributed by atoms with E-state index in [0.29, 0.717) is 6.42 Å². The Labute approximate surface area is 72.8 Å². The average molecular weight is 178 g/mol. The van der Waals surface area contributed by atoms with E-state index in [4.69, 9.17) is 14.9 Å². The monoisotopic (exact) mass is 178 g/mol. The van der Waals surface area contributed by atoms with E-state index in [1.165, 1.54) is 7.11 Å². The second-order valence-corrected chi connectivity index (χ2v) is 3.05. The second-order valence-electron chi connectivity index (χ2n) is 3.05. The smallest absolute Gasteiger partial charge is 0.0902 e. The van der Waals surface area contributed by atoms with Gasteiger partial charge in [0.05, 0.1) is 24.9 Å². The molecule has 0 heterocycles. The van der Waals surface area contributed by atoms with Crippen molar-refractivity contribution in [3.8, 4) is 0 Å². The molecule has 4 nitrogen and oxygen atoms in total. The van der Waals surface area contributed by atoms with E-state index in [9.17, 15) is 5.11 Å². The Bertz CT molecular complexity index is 118. The van der Waals surface area contributed by atoms with Crippen LogP contribution in [0, 0.1) is 0 Å². The van der Waals surface area contributed by atoms with Crippen LogP contribution in [0.4, 0.5) is 0 Å². The molecule has 0 spiro atoms. The van der Waals surface area contributed by atoms with E-state index in [-0.39, 0.29) is 19.6 Å². The van der Waals surface area contributed by atoms with Crippen molar-refractivity contribution in [2.24, 2.45) is 0 Å². The zero-order valence-corrected chi connectivity index (χ0v) is 7.66. The van der Waals surface area contributed by atoms with Crippen molar-refractivity contribution in [1.29, 1.82) is 0 Å². The fraction of sp³-hybridized carbons (Fsp3) is 1.00. The Morgan fingerprint density at radius 2 is 2.08 bits per heavy atom. The van der Waals surface area contributed by atoms with Crippen LogP contribution in [-0.2, 0) is 4.74 Å². The van der Waals surface area contributed by atoms with Gasteiger partial charge in [-0.15, -0.1) is 0 Å². The molecule has 0 aromatic heterocycles. The summed E-state index contributed by atoms with van der Waals surface area (Å²) in [4.78, 5) is 0. The van der Waals surface area contributed by atoms with E-state index in [1.807, 2.05) is 6.92 Å². The molecule has 2 atom stereocenters. The number of methoxy groups -OCH3 is 1. The van der Waals surface area contributed by atoms with Gasteiger partial charge >= 0.3 is 0 Å². The van der Waals surface area contributed by atoms with Crippen LogP contribution in [-0.4, -0.2) is 47.3 Å². The second kappa shape index (κ2) is 5.48. The fourth-order valence-corrected chi connectivity index (χ4v) is 1.08. The molecule has 3 N–H and O–H groups in total. The predicted molar refractivity (Wildman–Crippen MR) is 44.8 cm³/mol. The van der Waals surface area contributed by atoms with Crippen molar-refractivity contribution in [2.45, 2.75) is 31.5 Å². The quantitative estimate of drug-likeness (QED) is 0.513. The van der Waals surface area contributed by atoms with E-state index < -0.39 is 11.7 Å². The summed E-state index contributed by atoms with van der Waals surface area (Å²) < 4.78 is 4.80. The van der Waals surface area contributed by atoms with E-state index in [2.05, 4.69) is 0 Å². The molecule has 0 rings (SSSR count). The van der Waals surface area contributed by atoms with Crippen molar-refractivity contribution in [1.82, 2.24) is 0 Å². The Kier molecular flexibility index (Phi) is 5.41. The zero-order chi connectivity index (χ0) is 9.61. The molecule has 0 radical (unpaired) electrons. The number of rotatable bonds is 6. The lowest BCUT2D eigenvalue weighted by Crippen LogP contribution is -2.38. The van der Waals surface area contributed by atoms with Crippen molar-refractivity contribution >= 4 is 0 Å². The highest BCUT2D eigenvalue weighted by Crippen LogP contribution is 2.17. The van der Waals surface area contributed by atoms with Gasteiger partial charge in [0.15, 0.2) is 0 Å². The first kappa shape index (κ1) is 11.8. The van der Waals surface area contributed by atoms with Crippen LogP contribution in [0.1, 0.15) is 19.8 Å². The summed E-state index contributed by atoms with van der Waals surface area (Å²) in [5, 5.41) is 27.4. The number of hydrogen-bond acceptors (Lipinski definition) is 4. The van der Waals surface area contributed by atoms with Gasteiger partial charge in [0.1, 0.15) is 0 Å². The van der Waals surface area contributed by atoms with Gasteiger partial charge in [0.2, 0.25) is 0 Å². The maximum atomic E-state index is 9.73. The summed E-state index contributed by atoms with van der Waals surface area (Å²) in [6.07, 6.45) is -0.226. The molecule has 2 unspecified atom stereocenters. The molecule has 0 aliphatic heterocycles. The molecule has 74 valence electrons. The van der Waals surface area contributed by atoms with Gasteiger partial charge in [0, 0.05) is 13.5 Å². The summed E-state index contributed by atoms with van der Waals surface area (Å²) in [7, 11) is 1.49. The van der Waals surface area contributed by atoms with Crippen LogP contribution < -0.4 is 0 Å². The minimum atomic E-state index is -1.02. The Morgan fingerprint density at radius 3 is 2.42 bits per heavy atom. The van der Waals surface area contributed by atoms with E-state index in [0.717, 1.165) is 0 Å². The number of hydrogen-bond donors (Lipinski definition) is 3. The topological polar surface area (TPSA) is 69.9 Å². The highest BCUT2D eigenvalue weighted by molar-refractivity contribution is 4.79. The molecule has 0 amide bonds. The lowest BCUT2D eigenvalue weighted by molar-refractivity contribution is -0.0716. The lowest BCUT2D eigenvalue weighted by atomic mass is 9.94. The van der Waals surface area contributed by atoms with Crippen LogP contribution in [0.2, 0.25) is 0 Å². The van der Waals surface area contributed by atoms with Crippen LogP contribution in [0.3, 0.4) is 0 Å². The molecule has 0 aromatic rings. The van der Waals surface area contributed by atoms with Crippen LogP contribution >= 0.6 is 0 Å². The van der Waals surface area contributed by atoms with Gasteiger partial charge in [-0.05, 0) is 6.42 Å². The fourth-order valence-electron chi connectivity index (χ4n) is 1.08. The summed E-state index contributed by atoms with van der Waals surface area (Å²) >= 11 is 0. The van der Waals surface area contributed by atoms with Gasteiger partial charge in [0.25, 0.3) is 0 Å². The van der Waals surface area contributed by atoms with Gasteiger partial charge in [-0.3, -0.25) is 0 Å². The van der Waals surface area contributed by atoms with E-state index in [1.54, 1.807) is 0 Å². The minimum absolute atomic E-state index is 0.147. The molecular weight excluding hydrogens is 160 g/mol. The first-order chi connectivity index (χ1) is 5.58. The van der Waals surface area contributed by atoms with Crippen molar-refractivity contribution < 1.29 is 20.1 Å². The first-order valence-corrected chi connectivity index (χ1v) is 4.08. The normalized spacial score (nSPS) is 18.8. The van der Waals surface area contributed by atoms with Gasteiger partial charge in [-0.2, -0.15) is 0 Å². The molecule has 4 heteroatoms. The largest absolute Gasteiger partial charge is 0.394 e. The Hall–Kier alpha value is -0.160. The Balaban J connectivity index is 3.94. The van der Waals surface area contributed by atoms with Crippen molar-refractivity contribution in [2.75, 3.05) is 20.3 Å². The Morgan fingerprint density at radius 1 is 1.50 bits per heavy atom. The highest BCUT2D eigenvalue weighted by atomic mass is 16.5. The maximum absolute atomic E-state index is 9.73. The first-order valence-electron chi connectivity index (χ1n) is 4.08. The third-order valence-electron chi connectivity index (χ3n) is 1.90. The molecule has 0 aromatic carbocycles. The SMILES string of the molecule is CCC(O)(COC)CC(O)CO. The van der Waals surface area contributed by atoms with Crippen LogP contribution in [0.5, 0.6) is 0 Å². The number of aliphatic hydroxyl groups is 3. The standard InChI is InChI=1S/C8H18O4/c1-3-8(11,6-12-2)4-7(10)5-9/h7,9-11H,3-6H2,1-2H3.